The molecule has 3 nitrogen and oxygen atoms in total. The summed E-state index contributed by atoms with van der Waals surface area (Å²) in [5.41, 5.74) is 1.12. The molecule has 0 aliphatic heterocycles. The molecule has 0 unspecified atom stereocenters. The van der Waals surface area contributed by atoms with Crippen molar-refractivity contribution in [3.63, 3.8) is 0 Å². The first-order valence-electron chi connectivity index (χ1n) is 5.29. The minimum atomic E-state index is 0. The summed E-state index contributed by atoms with van der Waals surface area (Å²) in [6, 6.07) is 0. The number of aromatic nitrogens is 2. The predicted octanol–water partition coefficient (Wildman–Crippen LogP) is 3.17. The Kier molecular flexibility index (Phi) is 7.51. The van der Waals surface area contributed by atoms with Crippen molar-refractivity contribution in [1.29, 1.82) is 0 Å². The molecule has 0 atom stereocenters. The largest absolute Gasteiger partial charge is 0.362 e. The van der Waals surface area contributed by atoms with E-state index in [1.807, 2.05) is 32.1 Å². The van der Waals surface area contributed by atoms with Crippen molar-refractivity contribution >= 4 is 30.0 Å². The minimum Gasteiger partial charge on any atom is -0.362 e. The molecule has 0 radical (unpaired) electrons. The third-order valence-corrected chi connectivity index (χ3v) is 3.02. The first kappa shape index (κ1) is 15.5. The quantitative estimate of drug-likeness (QED) is 0.463. The van der Waals surface area contributed by atoms with E-state index in [9.17, 15) is 0 Å². The van der Waals surface area contributed by atoms with Crippen LogP contribution in [-0.4, -0.2) is 29.8 Å². The molecule has 0 aromatic carbocycles. The normalized spacial score (nSPS) is 9.75. The topological polar surface area (TPSA) is 29.0 Å². The van der Waals surface area contributed by atoms with Crippen LogP contribution in [0, 0.1) is 6.92 Å². The smallest absolute Gasteiger partial charge is 0.189 e. The van der Waals surface area contributed by atoms with Crippen LogP contribution in [0.5, 0.6) is 0 Å². The molecular weight excluding hydrogens is 242 g/mol. The minimum absolute atomic E-state index is 0. The summed E-state index contributed by atoms with van der Waals surface area (Å²) in [5, 5.41) is 0.887. The van der Waals surface area contributed by atoms with E-state index in [0.717, 1.165) is 22.3 Å². The Morgan fingerprint density at radius 3 is 2.62 bits per heavy atom. The zero-order valence-corrected chi connectivity index (χ0v) is 12.0. The molecule has 0 saturated carbocycles. The Hall–Kier alpha value is -0.480. The van der Waals surface area contributed by atoms with Gasteiger partial charge in [-0.15, -0.1) is 12.4 Å². The standard InChI is InChI=1S/C11H19N3S.ClH/c1-5-6-7-15-11-12-8-9(2)10(13-11)14(3)4;/h8H,5-7H2,1-4H3;1H. The molecule has 0 spiro atoms. The lowest BCUT2D eigenvalue weighted by Crippen LogP contribution is -2.13. The third kappa shape index (κ3) is 4.58. The highest BCUT2D eigenvalue weighted by Gasteiger charge is 2.05. The zero-order valence-electron chi connectivity index (χ0n) is 10.4. The Morgan fingerprint density at radius 2 is 2.06 bits per heavy atom. The molecule has 1 rings (SSSR count). The number of anilines is 1. The van der Waals surface area contributed by atoms with Crippen LogP contribution in [-0.2, 0) is 0 Å². The average Bonchev–Trinajstić information content (AvgIpc) is 2.20. The van der Waals surface area contributed by atoms with E-state index in [1.54, 1.807) is 11.8 Å². The lowest BCUT2D eigenvalue weighted by atomic mass is 10.3. The van der Waals surface area contributed by atoms with Gasteiger partial charge in [-0.3, -0.25) is 0 Å². The van der Waals surface area contributed by atoms with E-state index < -0.39 is 0 Å². The van der Waals surface area contributed by atoms with Gasteiger partial charge in [0.25, 0.3) is 0 Å². The van der Waals surface area contributed by atoms with Crippen molar-refractivity contribution < 1.29 is 0 Å². The van der Waals surface area contributed by atoms with Crippen molar-refractivity contribution in [1.82, 2.24) is 9.97 Å². The maximum absolute atomic E-state index is 4.52. The highest BCUT2D eigenvalue weighted by Crippen LogP contribution is 2.20. The van der Waals surface area contributed by atoms with Crippen LogP contribution in [0.1, 0.15) is 25.3 Å². The molecule has 1 aromatic heterocycles. The number of aryl methyl sites for hydroxylation is 1. The monoisotopic (exact) mass is 261 g/mol. The second-order valence-corrected chi connectivity index (χ2v) is 4.82. The summed E-state index contributed by atoms with van der Waals surface area (Å²) < 4.78 is 0. The van der Waals surface area contributed by atoms with E-state index in [0.29, 0.717) is 0 Å². The van der Waals surface area contributed by atoms with Gasteiger partial charge in [-0.05, 0) is 13.3 Å². The molecule has 92 valence electrons. The zero-order chi connectivity index (χ0) is 11.3. The van der Waals surface area contributed by atoms with Gasteiger partial charge in [0.05, 0.1) is 0 Å². The van der Waals surface area contributed by atoms with E-state index in [-0.39, 0.29) is 12.4 Å². The lowest BCUT2D eigenvalue weighted by molar-refractivity contribution is 0.880. The molecule has 0 saturated heterocycles. The van der Waals surface area contributed by atoms with E-state index >= 15 is 0 Å². The first-order chi connectivity index (χ1) is 7.15. The van der Waals surface area contributed by atoms with Gasteiger partial charge in [0.15, 0.2) is 5.16 Å². The van der Waals surface area contributed by atoms with Crippen molar-refractivity contribution in [3.05, 3.63) is 11.8 Å². The van der Waals surface area contributed by atoms with Crippen molar-refractivity contribution in [2.45, 2.75) is 31.8 Å². The highest BCUT2D eigenvalue weighted by atomic mass is 35.5. The molecule has 0 amide bonds. The summed E-state index contributed by atoms with van der Waals surface area (Å²) in [7, 11) is 4.02. The van der Waals surface area contributed by atoms with Crippen LogP contribution < -0.4 is 4.90 Å². The second-order valence-electron chi connectivity index (χ2n) is 3.76. The average molecular weight is 262 g/mol. The predicted molar refractivity (Wildman–Crippen MR) is 74.0 cm³/mol. The molecule has 0 aliphatic carbocycles. The van der Waals surface area contributed by atoms with E-state index in [1.165, 1.54) is 12.8 Å². The van der Waals surface area contributed by atoms with E-state index in [2.05, 4.69) is 16.9 Å². The molecular formula is C11H20ClN3S. The lowest BCUT2D eigenvalue weighted by Gasteiger charge is -2.14. The maximum Gasteiger partial charge on any atom is 0.189 e. The number of hydrogen-bond acceptors (Lipinski definition) is 4. The van der Waals surface area contributed by atoms with Crippen LogP contribution in [0.2, 0.25) is 0 Å². The maximum atomic E-state index is 4.52. The van der Waals surface area contributed by atoms with Gasteiger partial charge >= 0.3 is 0 Å². The first-order valence-corrected chi connectivity index (χ1v) is 6.27. The molecule has 1 heterocycles. The Labute approximate surface area is 108 Å². The van der Waals surface area contributed by atoms with E-state index in [4.69, 9.17) is 0 Å². The number of unbranched alkanes of at least 4 members (excludes halogenated alkanes) is 1. The summed E-state index contributed by atoms with van der Waals surface area (Å²) in [6.07, 6.45) is 4.34. The fraction of sp³-hybridized carbons (Fsp3) is 0.636. The van der Waals surface area contributed by atoms with Gasteiger partial charge in [0.2, 0.25) is 0 Å². The number of nitrogens with zero attached hydrogens (tertiary/aromatic N) is 3. The van der Waals surface area contributed by atoms with Gasteiger partial charge < -0.3 is 4.90 Å². The van der Waals surface area contributed by atoms with Crippen LogP contribution in [0.4, 0.5) is 5.82 Å². The number of rotatable bonds is 5. The number of halogens is 1. The summed E-state index contributed by atoms with van der Waals surface area (Å²) in [6.45, 7) is 4.23. The summed E-state index contributed by atoms with van der Waals surface area (Å²) >= 11 is 1.74. The van der Waals surface area contributed by atoms with Gasteiger partial charge in [0, 0.05) is 31.6 Å². The van der Waals surface area contributed by atoms with Gasteiger partial charge in [-0.1, -0.05) is 25.1 Å². The fourth-order valence-corrected chi connectivity index (χ4v) is 2.14. The highest BCUT2D eigenvalue weighted by molar-refractivity contribution is 7.99. The van der Waals surface area contributed by atoms with Crippen molar-refractivity contribution in [2.24, 2.45) is 0 Å². The molecule has 0 fully saturated rings. The Balaban J connectivity index is 0.00000225. The van der Waals surface area contributed by atoms with Crippen LogP contribution in [0.3, 0.4) is 0 Å². The Bertz CT molecular complexity index is 318. The van der Waals surface area contributed by atoms with Crippen LogP contribution in [0.15, 0.2) is 11.4 Å². The molecule has 5 heteroatoms. The molecule has 0 bridgehead atoms. The number of hydrogen-bond donors (Lipinski definition) is 0. The van der Waals surface area contributed by atoms with Crippen molar-refractivity contribution in [2.75, 3.05) is 24.7 Å². The Morgan fingerprint density at radius 1 is 1.38 bits per heavy atom. The molecule has 0 N–H and O–H groups in total. The number of thioether (sulfide) groups is 1. The summed E-state index contributed by atoms with van der Waals surface area (Å²) in [4.78, 5) is 10.9. The molecule has 0 aliphatic rings. The SMILES string of the molecule is CCCCSc1ncc(C)c(N(C)C)n1.Cl. The fourth-order valence-electron chi connectivity index (χ4n) is 1.25. The third-order valence-electron chi connectivity index (χ3n) is 2.08. The second kappa shape index (κ2) is 7.74. The van der Waals surface area contributed by atoms with Gasteiger partial charge in [-0.2, -0.15) is 0 Å². The van der Waals surface area contributed by atoms with Gasteiger partial charge in [-0.25, -0.2) is 9.97 Å². The van der Waals surface area contributed by atoms with Crippen LogP contribution >= 0.6 is 24.2 Å². The molecule has 1 aromatic rings. The van der Waals surface area contributed by atoms with Gasteiger partial charge in [0.1, 0.15) is 5.82 Å². The van der Waals surface area contributed by atoms with Crippen molar-refractivity contribution in [3.8, 4) is 0 Å². The van der Waals surface area contributed by atoms with Crippen LogP contribution in [0.25, 0.3) is 0 Å². The molecule has 16 heavy (non-hydrogen) atoms. The summed E-state index contributed by atoms with van der Waals surface area (Å²) in [5.74, 6) is 2.12.